The molecule has 1 saturated carbocycles. The van der Waals surface area contributed by atoms with Crippen LogP contribution in [0.4, 0.5) is 0 Å². The molecule has 2 atom stereocenters. The molecule has 1 aliphatic carbocycles. The molecule has 1 saturated heterocycles. The van der Waals surface area contributed by atoms with Crippen LogP contribution >= 0.6 is 11.3 Å². The van der Waals surface area contributed by atoms with Crippen LogP contribution in [0.25, 0.3) is 10.2 Å². The van der Waals surface area contributed by atoms with Gasteiger partial charge in [0.1, 0.15) is 4.83 Å². The molecule has 136 valence electrons. The van der Waals surface area contributed by atoms with Crippen molar-refractivity contribution in [2.24, 2.45) is 17.8 Å². The van der Waals surface area contributed by atoms with Gasteiger partial charge in [-0.3, -0.25) is 9.48 Å². The average molecular weight is 360 g/mol. The normalized spacial score (nSPS) is 24.1. The summed E-state index contributed by atoms with van der Waals surface area (Å²) >= 11 is 1.63. The molecule has 3 heterocycles. The Bertz CT molecular complexity index is 775. The summed E-state index contributed by atoms with van der Waals surface area (Å²) in [5.41, 5.74) is 1.04. The Morgan fingerprint density at radius 3 is 2.80 bits per heavy atom. The van der Waals surface area contributed by atoms with E-state index in [1.54, 1.807) is 11.3 Å². The van der Waals surface area contributed by atoms with Crippen molar-refractivity contribution in [1.82, 2.24) is 14.7 Å². The molecule has 0 aromatic carbocycles. The quantitative estimate of drug-likeness (QED) is 0.795. The summed E-state index contributed by atoms with van der Waals surface area (Å²) in [6.45, 7) is 9.27. The van der Waals surface area contributed by atoms with Crippen LogP contribution in [0.15, 0.2) is 6.07 Å². The molecular formula is C20H29N3OS. The summed E-state index contributed by atoms with van der Waals surface area (Å²) in [6.07, 6.45) is 6.61. The highest BCUT2D eigenvalue weighted by Crippen LogP contribution is 2.37. The van der Waals surface area contributed by atoms with Crippen LogP contribution < -0.4 is 0 Å². The van der Waals surface area contributed by atoms with Crippen LogP contribution in [-0.2, 0) is 6.54 Å². The number of hydrogen-bond donors (Lipinski definition) is 0. The standard InChI is InChI=1S/C20H29N3OS/c1-13(2)11-23-20-17(14(3)21-23)10-18(25-20)19(24)22-9-8-15-6-4-5-7-16(15)12-22/h10,13,15-16H,4-9,11-12H2,1-3H3. The van der Waals surface area contributed by atoms with Gasteiger partial charge in [-0.25, -0.2) is 0 Å². The molecule has 1 aliphatic heterocycles. The van der Waals surface area contributed by atoms with Gasteiger partial charge in [-0.05, 0) is 43.6 Å². The zero-order valence-corrected chi connectivity index (χ0v) is 16.4. The van der Waals surface area contributed by atoms with Crippen molar-refractivity contribution in [2.75, 3.05) is 13.1 Å². The number of nitrogens with zero attached hydrogens (tertiary/aromatic N) is 3. The number of fused-ring (bicyclic) bond motifs is 2. The molecule has 1 amide bonds. The second-order valence-electron chi connectivity index (χ2n) is 8.34. The monoisotopic (exact) mass is 359 g/mol. The van der Waals surface area contributed by atoms with Gasteiger partial charge in [-0.15, -0.1) is 11.3 Å². The summed E-state index contributed by atoms with van der Waals surface area (Å²) in [4.78, 5) is 17.3. The van der Waals surface area contributed by atoms with Gasteiger partial charge < -0.3 is 4.90 Å². The van der Waals surface area contributed by atoms with E-state index in [1.165, 1.54) is 32.1 Å². The lowest BCUT2D eigenvalue weighted by molar-refractivity contribution is 0.0525. The van der Waals surface area contributed by atoms with Crippen molar-refractivity contribution >= 4 is 27.5 Å². The summed E-state index contributed by atoms with van der Waals surface area (Å²) < 4.78 is 2.09. The van der Waals surface area contributed by atoms with Crippen molar-refractivity contribution in [2.45, 2.75) is 59.4 Å². The number of hydrogen-bond acceptors (Lipinski definition) is 3. The van der Waals surface area contributed by atoms with Gasteiger partial charge in [0.05, 0.1) is 10.6 Å². The molecule has 4 nitrogen and oxygen atoms in total. The van der Waals surface area contributed by atoms with Crippen LogP contribution in [-0.4, -0.2) is 33.7 Å². The van der Waals surface area contributed by atoms with E-state index in [1.807, 2.05) is 6.92 Å². The van der Waals surface area contributed by atoms with Crippen LogP contribution in [0.3, 0.4) is 0 Å². The van der Waals surface area contributed by atoms with Crippen LogP contribution in [0, 0.1) is 24.7 Å². The number of piperidine rings is 1. The second kappa shape index (κ2) is 6.75. The zero-order chi connectivity index (χ0) is 17.6. The van der Waals surface area contributed by atoms with E-state index in [-0.39, 0.29) is 5.91 Å². The minimum atomic E-state index is 0.237. The second-order valence-corrected chi connectivity index (χ2v) is 9.37. The third-order valence-corrected chi connectivity index (χ3v) is 7.07. The van der Waals surface area contributed by atoms with E-state index in [4.69, 9.17) is 0 Å². The van der Waals surface area contributed by atoms with Gasteiger partial charge in [0.2, 0.25) is 0 Å². The van der Waals surface area contributed by atoms with E-state index < -0.39 is 0 Å². The first-order chi connectivity index (χ1) is 12.0. The van der Waals surface area contributed by atoms with Crippen molar-refractivity contribution in [3.8, 4) is 0 Å². The molecule has 0 spiro atoms. The van der Waals surface area contributed by atoms with Crippen LogP contribution in [0.2, 0.25) is 0 Å². The highest BCUT2D eigenvalue weighted by molar-refractivity contribution is 7.20. The van der Waals surface area contributed by atoms with E-state index in [9.17, 15) is 4.79 Å². The Labute approximate surface area is 154 Å². The fourth-order valence-corrected chi connectivity index (χ4v) is 5.77. The lowest BCUT2D eigenvalue weighted by Crippen LogP contribution is -2.44. The first-order valence-electron chi connectivity index (χ1n) is 9.79. The lowest BCUT2D eigenvalue weighted by atomic mass is 9.75. The lowest BCUT2D eigenvalue weighted by Gasteiger charge is -2.41. The molecule has 2 aromatic heterocycles. The molecule has 2 fully saturated rings. The number of aryl methyl sites for hydroxylation is 1. The average Bonchev–Trinajstić information content (AvgIpc) is 3.15. The number of amides is 1. The molecule has 0 radical (unpaired) electrons. The summed E-state index contributed by atoms with van der Waals surface area (Å²) in [7, 11) is 0. The molecule has 5 heteroatoms. The van der Waals surface area contributed by atoms with E-state index >= 15 is 0 Å². The Morgan fingerprint density at radius 1 is 1.28 bits per heavy atom. The van der Waals surface area contributed by atoms with Crippen LogP contribution in [0.5, 0.6) is 0 Å². The Kier molecular flexibility index (Phi) is 4.61. The predicted molar refractivity (Wildman–Crippen MR) is 103 cm³/mol. The van der Waals surface area contributed by atoms with Crippen LogP contribution in [0.1, 0.15) is 61.3 Å². The minimum Gasteiger partial charge on any atom is -0.338 e. The molecule has 25 heavy (non-hydrogen) atoms. The smallest absolute Gasteiger partial charge is 0.264 e. The predicted octanol–water partition coefficient (Wildman–Crippen LogP) is 4.71. The van der Waals surface area contributed by atoms with Gasteiger partial charge in [0.15, 0.2) is 0 Å². The Balaban J connectivity index is 1.56. The van der Waals surface area contributed by atoms with Crippen molar-refractivity contribution < 1.29 is 4.79 Å². The van der Waals surface area contributed by atoms with E-state index in [2.05, 4.69) is 34.6 Å². The largest absolute Gasteiger partial charge is 0.338 e. The van der Waals surface area contributed by atoms with Gasteiger partial charge in [0, 0.05) is 25.0 Å². The molecule has 0 bridgehead atoms. The van der Waals surface area contributed by atoms with Gasteiger partial charge in [0.25, 0.3) is 5.91 Å². The number of carbonyl (C=O) groups is 1. The SMILES string of the molecule is Cc1nn(CC(C)C)c2sc(C(=O)N3CCC4CCCCC4C3)cc12. The van der Waals surface area contributed by atoms with Crippen molar-refractivity contribution in [3.05, 3.63) is 16.6 Å². The van der Waals surface area contributed by atoms with Gasteiger partial charge >= 0.3 is 0 Å². The fraction of sp³-hybridized carbons (Fsp3) is 0.700. The maximum atomic E-state index is 13.1. The fourth-order valence-electron chi connectivity index (χ4n) is 4.63. The van der Waals surface area contributed by atoms with Gasteiger partial charge in [-0.2, -0.15) is 5.10 Å². The number of aromatic nitrogens is 2. The van der Waals surface area contributed by atoms with Crippen molar-refractivity contribution in [1.29, 1.82) is 0 Å². The summed E-state index contributed by atoms with van der Waals surface area (Å²) in [5.74, 6) is 2.39. The molecule has 4 rings (SSSR count). The Hall–Kier alpha value is -1.36. The van der Waals surface area contributed by atoms with E-state index in [0.717, 1.165) is 52.3 Å². The molecule has 2 unspecified atom stereocenters. The van der Waals surface area contributed by atoms with E-state index in [0.29, 0.717) is 5.92 Å². The van der Waals surface area contributed by atoms with Crippen molar-refractivity contribution in [3.63, 3.8) is 0 Å². The van der Waals surface area contributed by atoms with Gasteiger partial charge in [-0.1, -0.05) is 33.1 Å². The number of rotatable bonds is 3. The molecule has 2 aromatic rings. The zero-order valence-electron chi connectivity index (χ0n) is 15.6. The Morgan fingerprint density at radius 2 is 2.04 bits per heavy atom. The molecule has 2 aliphatic rings. The third kappa shape index (κ3) is 3.23. The number of likely N-dealkylation sites (tertiary alicyclic amines) is 1. The first-order valence-corrected chi connectivity index (χ1v) is 10.6. The third-order valence-electron chi connectivity index (χ3n) is 5.93. The molecule has 0 N–H and O–H groups in total. The minimum absolute atomic E-state index is 0.237. The highest BCUT2D eigenvalue weighted by atomic mass is 32.1. The molecular weight excluding hydrogens is 330 g/mol. The summed E-state index contributed by atoms with van der Waals surface area (Å²) in [5, 5.41) is 5.81. The highest BCUT2D eigenvalue weighted by Gasteiger charge is 2.33. The maximum Gasteiger partial charge on any atom is 0.264 e. The number of carbonyl (C=O) groups excluding carboxylic acids is 1. The number of thiophene rings is 1. The first kappa shape index (κ1) is 17.1. The summed E-state index contributed by atoms with van der Waals surface area (Å²) in [6, 6.07) is 2.08. The topological polar surface area (TPSA) is 38.1 Å². The maximum absolute atomic E-state index is 13.1.